The van der Waals surface area contributed by atoms with E-state index in [2.05, 4.69) is 20.7 Å². The lowest BCUT2D eigenvalue weighted by Gasteiger charge is -2.11. The average Bonchev–Trinajstić information content (AvgIpc) is 2.19. The smallest absolute Gasteiger partial charge is 0.189 e. The van der Waals surface area contributed by atoms with Crippen molar-refractivity contribution in [3.05, 3.63) is 24.0 Å². The molecule has 0 aromatic carbocycles. The Hall–Kier alpha value is -1.56. The molecular formula is C8H11N5S. The summed E-state index contributed by atoms with van der Waals surface area (Å²) in [7, 11) is 3.68. The SMILES string of the molecule is CN(C)C(=S)N/N=C/c1cccnn1. The van der Waals surface area contributed by atoms with E-state index in [4.69, 9.17) is 12.2 Å². The maximum atomic E-state index is 4.96. The van der Waals surface area contributed by atoms with Crippen LogP contribution in [0, 0.1) is 0 Å². The number of hydrogen-bond donors (Lipinski definition) is 1. The van der Waals surface area contributed by atoms with Crippen LogP contribution in [0.15, 0.2) is 23.4 Å². The van der Waals surface area contributed by atoms with Gasteiger partial charge in [0.05, 0.1) is 6.21 Å². The standard InChI is InChI=1S/C8H11N5S/c1-13(2)8(14)12-10-6-7-4-3-5-9-11-7/h3-6H,1-2H3,(H,12,14)/b10-6+. The van der Waals surface area contributed by atoms with Crippen molar-refractivity contribution in [1.29, 1.82) is 0 Å². The zero-order valence-corrected chi connectivity index (χ0v) is 8.82. The van der Waals surface area contributed by atoms with Gasteiger partial charge in [-0.25, -0.2) is 0 Å². The number of thiocarbonyl (C=S) groups is 1. The second-order valence-corrected chi connectivity index (χ2v) is 3.10. The summed E-state index contributed by atoms with van der Waals surface area (Å²) in [4.78, 5) is 1.75. The first-order chi connectivity index (χ1) is 6.70. The van der Waals surface area contributed by atoms with E-state index in [-0.39, 0.29) is 0 Å². The second-order valence-electron chi connectivity index (χ2n) is 2.72. The van der Waals surface area contributed by atoms with Crippen LogP contribution in [-0.4, -0.2) is 40.5 Å². The number of nitrogens with zero attached hydrogens (tertiary/aromatic N) is 4. The Morgan fingerprint density at radius 3 is 3.00 bits per heavy atom. The summed E-state index contributed by atoms with van der Waals surface area (Å²) in [5, 5.41) is 12.0. The Bertz CT molecular complexity index is 322. The molecule has 1 aromatic heterocycles. The molecule has 0 amide bonds. The van der Waals surface area contributed by atoms with Crippen LogP contribution in [0.25, 0.3) is 0 Å². The van der Waals surface area contributed by atoms with Crippen LogP contribution in [-0.2, 0) is 0 Å². The molecule has 74 valence electrons. The number of rotatable bonds is 2. The number of aromatic nitrogens is 2. The Morgan fingerprint density at radius 1 is 1.64 bits per heavy atom. The van der Waals surface area contributed by atoms with Gasteiger partial charge in [-0.05, 0) is 24.4 Å². The first-order valence-electron chi connectivity index (χ1n) is 3.98. The highest BCUT2D eigenvalue weighted by molar-refractivity contribution is 7.80. The number of hydrogen-bond acceptors (Lipinski definition) is 4. The van der Waals surface area contributed by atoms with Gasteiger partial charge in [-0.1, -0.05) is 0 Å². The van der Waals surface area contributed by atoms with Crippen molar-refractivity contribution < 1.29 is 0 Å². The molecule has 0 bridgehead atoms. The zero-order valence-electron chi connectivity index (χ0n) is 8.01. The Kier molecular flexibility index (Phi) is 3.93. The lowest BCUT2D eigenvalue weighted by molar-refractivity contribution is 0.606. The Morgan fingerprint density at radius 2 is 2.43 bits per heavy atom. The van der Waals surface area contributed by atoms with E-state index in [0.717, 1.165) is 0 Å². The van der Waals surface area contributed by atoms with Crippen LogP contribution in [0.3, 0.4) is 0 Å². The van der Waals surface area contributed by atoms with Crippen molar-refractivity contribution in [1.82, 2.24) is 20.5 Å². The lowest BCUT2D eigenvalue weighted by atomic mass is 10.4. The molecule has 0 spiro atoms. The monoisotopic (exact) mass is 209 g/mol. The van der Waals surface area contributed by atoms with Crippen LogP contribution < -0.4 is 5.43 Å². The van der Waals surface area contributed by atoms with E-state index in [1.807, 2.05) is 14.1 Å². The molecular weight excluding hydrogens is 198 g/mol. The van der Waals surface area contributed by atoms with Crippen LogP contribution in [0.5, 0.6) is 0 Å². The molecule has 0 fully saturated rings. The lowest BCUT2D eigenvalue weighted by Crippen LogP contribution is -2.30. The van der Waals surface area contributed by atoms with Crippen molar-refractivity contribution in [3.8, 4) is 0 Å². The fourth-order valence-electron chi connectivity index (χ4n) is 0.636. The molecule has 0 aliphatic heterocycles. The summed E-state index contributed by atoms with van der Waals surface area (Å²) < 4.78 is 0. The predicted octanol–water partition coefficient (Wildman–Crippen LogP) is 0.247. The maximum Gasteiger partial charge on any atom is 0.189 e. The minimum atomic E-state index is 0.546. The van der Waals surface area contributed by atoms with Crippen molar-refractivity contribution in [2.75, 3.05) is 14.1 Å². The fraction of sp³-hybridized carbons (Fsp3) is 0.250. The molecule has 0 radical (unpaired) electrons. The largest absolute Gasteiger partial charge is 0.354 e. The predicted molar refractivity (Wildman–Crippen MR) is 59.0 cm³/mol. The van der Waals surface area contributed by atoms with Crippen molar-refractivity contribution in [3.63, 3.8) is 0 Å². The summed E-state index contributed by atoms with van der Waals surface area (Å²) >= 11 is 4.96. The first-order valence-corrected chi connectivity index (χ1v) is 4.39. The highest BCUT2D eigenvalue weighted by atomic mass is 32.1. The van der Waals surface area contributed by atoms with E-state index in [0.29, 0.717) is 10.8 Å². The molecule has 1 heterocycles. The van der Waals surface area contributed by atoms with Crippen LogP contribution in [0.2, 0.25) is 0 Å². The van der Waals surface area contributed by atoms with Gasteiger partial charge in [0, 0.05) is 20.3 Å². The summed E-state index contributed by atoms with van der Waals surface area (Å²) in [6.45, 7) is 0. The zero-order chi connectivity index (χ0) is 10.4. The van der Waals surface area contributed by atoms with Crippen molar-refractivity contribution in [2.45, 2.75) is 0 Å². The third kappa shape index (κ3) is 3.44. The molecule has 0 aliphatic carbocycles. The highest BCUT2D eigenvalue weighted by Gasteiger charge is 1.93. The molecule has 0 unspecified atom stereocenters. The molecule has 1 aromatic rings. The van der Waals surface area contributed by atoms with Crippen molar-refractivity contribution in [2.24, 2.45) is 5.10 Å². The first kappa shape index (κ1) is 10.5. The summed E-state index contributed by atoms with van der Waals surface area (Å²) in [5.74, 6) is 0. The maximum absolute atomic E-state index is 4.96. The summed E-state index contributed by atoms with van der Waals surface area (Å²) in [6, 6.07) is 3.59. The van der Waals surface area contributed by atoms with Crippen molar-refractivity contribution >= 4 is 23.5 Å². The molecule has 0 aliphatic rings. The van der Waals surface area contributed by atoms with E-state index in [9.17, 15) is 0 Å². The molecule has 0 saturated heterocycles. The fourth-order valence-corrected chi connectivity index (χ4v) is 0.689. The minimum absolute atomic E-state index is 0.546. The molecule has 1 N–H and O–H groups in total. The normalized spacial score (nSPS) is 10.1. The molecule has 0 atom stereocenters. The Balaban J connectivity index is 2.46. The third-order valence-electron chi connectivity index (χ3n) is 1.36. The van der Waals surface area contributed by atoms with Gasteiger partial charge in [0.15, 0.2) is 5.11 Å². The molecule has 0 saturated carbocycles. The van der Waals surface area contributed by atoms with Gasteiger partial charge >= 0.3 is 0 Å². The van der Waals surface area contributed by atoms with E-state index < -0.39 is 0 Å². The number of hydrazone groups is 1. The Labute approximate surface area is 87.8 Å². The third-order valence-corrected chi connectivity index (χ3v) is 1.81. The minimum Gasteiger partial charge on any atom is -0.354 e. The number of nitrogens with one attached hydrogen (secondary N) is 1. The van der Waals surface area contributed by atoms with Gasteiger partial charge in [0.1, 0.15) is 5.69 Å². The molecule has 14 heavy (non-hydrogen) atoms. The molecule has 5 nitrogen and oxygen atoms in total. The van der Waals surface area contributed by atoms with Gasteiger partial charge in [0.25, 0.3) is 0 Å². The quantitative estimate of drug-likeness (QED) is 0.430. The summed E-state index contributed by atoms with van der Waals surface area (Å²) in [6.07, 6.45) is 3.16. The summed E-state index contributed by atoms with van der Waals surface area (Å²) in [5.41, 5.74) is 3.37. The van der Waals surface area contributed by atoms with Gasteiger partial charge in [-0.15, -0.1) is 5.10 Å². The molecule has 6 heteroatoms. The van der Waals surface area contributed by atoms with Gasteiger partial charge in [0.2, 0.25) is 0 Å². The van der Waals surface area contributed by atoms with E-state index >= 15 is 0 Å². The van der Waals surface area contributed by atoms with Gasteiger partial charge in [-0.2, -0.15) is 10.2 Å². The van der Waals surface area contributed by atoms with Gasteiger partial charge in [-0.3, -0.25) is 5.43 Å². The average molecular weight is 209 g/mol. The van der Waals surface area contributed by atoms with E-state index in [1.54, 1.807) is 29.4 Å². The topological polar surface area (TPSA) is 53.4 Å². The second kappa shape index (κ2) is 5.23. The van der Waals surface area contributed by atoms with E-state index in [1.165, 1.54) is 0 Å². The van der Waals surface area contributed by atoms with Crippen LogP contribution in [0.1, 0.15) is 5.69 Å². The molecule has 1 rings (SSSR count). The van der Waals surface area contributed by atoms with Crippen LogP contribution in [0.4, 0.5) is 0 Å². The highest BCUT2D eigenvalue weighted by Crippen LogP contribution is 1.85. The van der Waals surface area contributed by atoms with Crippen LogP contribution >= 0.6 is 12.2 Å². The van der Waals surface area contributed by atoms with Gasteiger partial charge < -0.3 is 4.90 Å².